The fraction of sp³-hybridized carbons (Fsp3) is 0.208. The van der Waals surface area contributed by atoms with Gasteiger partial charge in [-0.25, -0.2) is 4.68 Å². The van der Waals surface area contributed by atoms with Crippen LogP contribution in [0.5, 0.6) is 5.75 Å². The Morgan fingerprint density at radius 1 is 1.09 bits per heavy atom. The maximum atomic E-state index is 13.0. The maximum Gasteiger partial charge on any atom is 0.416 e. The zero-order valence-corrected chi connectivity index (χ0v) is 19.6. The van der Waals surface area contributed by atoms with Crippen molar-refractivity contribution in [3.8, 4) is 5.75 Å². The lowest BCUT2D eigenvalue weighted by atomic mass is 10.1. The predicted molar refractivity (Wildman–Crippen MR) is 125 cm³/mol. The lowest BCUT2D eigenvalue weighted by Gasteiger charge is -2.10. The minimum absolute atomic E-state index is 0.0839. The second kappa shape index (κ2) is 9.83. The van der Waals surface area contributed by atoms with Crippen LogP contribution >= 0.6 is 11.6 Å². The number of aryl methyl sites for hydroxylation is 1. The maximum absolute atomic E-state index is 13.0. The zero-order chi connectivity index (χ0) is 25.2. The summed E-state index contributed by atoms with van der Waals surface area (Å²) in [6.45, 7) is 3.66. The van der Waals surface area contributed by atoms with E-state index in [4.69, 9.17) is 16.3 Å². The third-order valence-electron chi connectivity index (χ3n) is 5.24. The molecule has 0 aliphatic carbocycles. The fourth-order valence-corrected chi connectivity index (χ4v) is 3.66. The lowest BCUT2D eigenvalue weighted by Crippen LogP contribution is -2.15. The molecule has 4 rings (SSSR count). The van der Waals surface area contributed by atoms with Gasteiger partial charge in [-0.3, -0.25) is 9.48 Å². The Labute approximate surface area is 204 Å². The van der Waals surface area contributed by atoms with Gasteiger partial charge in [-0.15, -0.1) is 0 Å². The number of nitrogens with zero attached hydrogens (tertiary/aromatic N) is 4. The van der Waals surface area contributed by atoms with Crippen LogP contribution in [0.2, 0.25) is 5.02 Å². The van der Waals surface area contributed by atoms with Crippen LogP contribution in [0.3, 0.4) is 0 Å². The first-order valence-corrected chi connectivity index (χ1v) is 10.9. The molecule has 0 aliphatic rings. The molecule has 0 saturated carbocycles. The number of carbonyl (C=O) groups excluding carboxylic acids is 1. The van der Waals surface area contributed by atoms with E-state index in [1.54, 1.807) is 61.1 Å². The molecule has 0 bridgehead atoms. The molecular weight excluding hydrogens is 483 g/mol. The first kappa shape index (κ1) is 24.3. The van der Waals surface area contributed by atoms with E-state index >= 15 is 0 Å². The zero-order valence-electron chi connectivity index (χ0n) is 18.8. The Bertz CT molecular complexity index is 1360. The molecule has 0 saturated heterocycles. The van der Waals surface area contributed by atoms with E-state index in [1.807, 2.05) is 0 Å². The number of aromatic nitrogens is 4. The highest BCUT2D eigenvalue weighted by molar-refractivity contribution is 6.30. The van der Waals surface area contributed by atoms with Gasteiger partial charge in [-0.1, -0.05) is 29.8 Å². The summed E-state index contributed by atoms with van der Waals surface area (Å²) in [4.78, 5) is 12.8. The highest BCUT2D eigenvalue weighted by Gasteiger charge is 2.30. The molecule has 2 heterocycles. The summed E-state index contributed by atoms with van der Waals surface area (Å²) in [6, 6.07) is 13.5. The van der Waals surface area contributed by atoms with Gasteiger partial charge in [0.2, 0.25) is 0 Å². The predicted octanol–water partition coefficient (Wildman–Crippen LogP) is 5.71. The minimum Gasteiger partial charge on any atom is -0.471 e. The van der Waals surface area contributed by atoms with Crippen LogP contribution in [0.15, 0.2) is 60.8 Å². The van der Waals surface area contributed by atoms with E-state index < -0.39 is 17.6 Å². The summed E-state index contributed by atoms with van der Waals surface area (Å²) in [7, 11) is 0. The average Bonchev–Trinajstić information content (AvgIpc) is 3.38. The van der Waals surface area contributed by atoms with Crippen molar-refractivity contribution in [2.75, 3.05) is 5.32 Å². The van der Waals surface area contributed by atoms with Gasteiger partial charge in [0.05, 0.1) is 29.2 Å². The molecule has 4 aromatic rings. The molecule has 1 N–H and O–H groups in total. The van der Waals surface area contributed by atoms with Crippen LogP contribution in [0, 0.1) is 13.8 Å². The second-order valence-corrected chi connectivity index (χ2v) is 8.26. The monoisotopic (exact) mass is 503 g/mol. The quantitative estimate of drug-likeness (QED) is 0.351. The van der Waals surface area contributed by atoms with E-state index in [2.05, 4.69) is 15.5 Å². The number of carbonyl (C=O) groups is 1. The Balaban J connectivity index is 1.43. The molecule has 0 fully saturated rings. The van der Waals surface area contributed by atoms with Gasteiger partial charge in [0.25, 0.3) is 5.91 Å². The molecule has 7 nitrogen and oxygen atoms in total. The summed E-state index contributed by atoms with van der Waals surface area (Å²) < 4.78 is 47.7. The molecule has 35 heavy (non-hydrogen) atoms. The number of hydrogen-bond donors (Lipinski definition) is 1. The van der Waals surface area contributed by atoms with Crippen molar-refractivity contribution in [3.05, 3.63) is 94.0 Å². The van der Waals surface area contributed by atoms with E-state index in [1.165, 1.54) is 10.7 Å². The van der Waals surface area contributed by atoms with Gasteiger partial charge in [0.1, 0.15) is 5.75 Å². The molecule has 11 heteroatoms. The molecule has 0 radical (unpaired) electrons. The van der Waals surface area contributed by atoms with Crippen LogP contribution in [-0.2, 0) is 19.5 Å². The number of halogens is 4. The molecular formula is C24H21ClF3N5O2. The number of amides is 1. The van der Waals surface area contributed by atoms with Gasteiger partial charge >= 0.3 is 6.18 Å². The van der Waals surface area contributed by atoms with Crippen LogP contribution in [0.25, 0.3) is 0 Å². The van der Waals surface area contributed by atoms with Crippen LogP contribution < -0.4 is 10.1 Å². The number of ether oxygens (including phenoxy) is 1. The van der Waals surface area contributed by atoms with Gasteiger partial charge in [-0.2, -0.15) is 23.4 Å². The third kappa shape index (κ3) is 5.83. The number of rotatable bonds is 7. The van der Waals surface area contributed by atoms with Crippen molar-refractivity contribution < 1.29 is 22.7 Å². The van der Waals surface area contributed by atoms with Crippen molar-refractivity contribution in [2.24, 2.45) is 0 Å². The average molecular weight is 504 g/mol. The molecule has 0 atom stereocenters. The second-order valence-electron chi connectivity index (χ2n) is 7.83. The van der Waals surface area contributed by atoms with Crippen molar-refractivity contribution >= 4 is 23.2 Å². The summed E-state index contributed by atoms with van der Waals surface area (Å²) in [6.07, 6.45) is -2.82. The standard InChI is InChI=1S/C24H21ClF3N5O2/c1-15-22(16(2)33(30-15)13-17-5-3-6-18(11-17)24(26,27)28)29-23(34)21-9-10-32(31-21)14-35-20-8-4-7-19(25)12-20/h3-12H,13-14H2,1-2H3,(H,29,34). The topological polar surface area (TPSA) is 74.0 Å². The van der Waals surface area contributed by atoms with E-state index in [0.717, 1.165) is 12.1 Å². The minimum atomic E-state index is -4.42. The smallest absolute Gasteiger partial charge is 0.416 e. The molecule has 2 aromatic carbocycles. The summed E-state index contributed by atoms with van der Waals surface area (Å²) >= 11 is 5.94. The number of anilines is 1. The number of benzene rings is 2. The normalized spacial score (nSPS) is 11.5. The molecule has 0 spiro atoms. The first-order chi connectivity index (χ1) is 16.6. The summed E-state index contributed by atoms with van der Waals surface area (Å²) in [5.74, 6) is 0.120. The molecule has 0 unspecified atom stereocenters. The molecule has 182 valence electrons. The molecule has 1 amide bonds. The van der Waals surface area contributed by atoms with Gasteiger partial charge in [0, 0.05) is 11.2 Å². The Hall–Kier alpha value is -3.79. The molecule has 2 aromatic heterocycles. The number of nitrogens with one attached hydrogen (secondary N) is 1. The number of hydrogen-bond acceptors (Lipinski definition) is 4. The Kier molecular flexibility index (Phi) is 6.83. The Morgan fingerprint density at radius 3 is 2.60 bits per heavy atom. The van der Waals surface area contributed by atoms with Crippen LogP contribution in [0.1, 0.15) is 33.0 Å². The highest BCUT2D eigenvalue weighted by atomic mass is 35.5. The van der Waals surface area contributed by atoms with Gasteiger partial charge in [-0.05, 0) is 55.8 Å². The highest BCUT2D eigenvalue weighted by Crippen LogP contribution is 2.30. The number of alkyl halides is 3. The van der Waals surface area contributed by atoms with Gasteiger partial charge in [0.15, 0.2) is 12.4 Å². The van der Waals surface area contributed by atoms with E-state index in [9.17, 15) is 18.0 Å². The van der Waals surface area contributed by atoms with Crippen molar-refractivity contribution in [3.63, 3.8) is 0 Å². The SMILES string of the molecule is Cc1nn(Cc2cccc(C(F)(F)F)c2)c(C)c1NC(=O)c1ccn(COc2cccc(Cl)c2)n1. The van der Waals surface area contributed by atoms with E-state index in [-0.39, 0.29) is 19.0 Å². The van der Waals surface area contributed by atoms with Gasteiger partial charge < -0.3 is 10.1 Å². The first-order valence-electron chi connectivity index (χ1n) is 10.5. The summed E-state index contributed by atoms with van der Waals surface area (Å²) in [5.41, 5.74) is 1.51. The van der Waals surface area contributed by atoms with Crippen LogP contribution in [-0.4, -0.2) is 25.5 Å². The molecule has 0 aliphatic heterocycles. The third-order valence-corrected chi connectivity index (χ3v) is 5.47. The van der Waals surface area contributed by atoms with Crippen molar-refractivity contribution in [2.45, 2.75) is 33.3 Å². The fourth-order valence-electron chi connectivity index (χ4n) is 3.48. The summed E-state index contributed by atoms with van der Waals surface area (Å²) in [5, 5.41) is 11.9. The van der Waals surface area contributed by atoms with Crippen LogP contribution in [0.4, 0.5) is 18.9 Å². The van der Waals surface area contributed by atoms with Crippen molar-refractivity contribution in [1.82, 2.24) is 19.6 Å². The lowest BCUT2D eigenvalue weighted by molar-refractivity contribution is -0.137. The van der Waals surface area contributed by atoms with E-state index in [0.29, 0.717) is 33.4 Å². The Morgan fingerprint density at radius 2 is 1.86 bits per heavy atom. The van der Waals surface area contributed by atoms with Crippen molar-refractivity contribution in [1.29, 1.82) is 0 Å². The largest absolute Gasteiger partial charge is 0.471 e.